The predicted octanol–water partition coefficient (Wildman–Crippen LogP) is 4.10. The fourth-order valence-corrected chi connectivity index (χ4v) is 3.60. The van der Waals surface area contributed by atoms with Crippen LogP contribution in [0.25, 0.3) is 0 Å². The van der Waals surface area contributed by atoms with E-state index in [-0.39, 0.29) is 30.1 Å². The molecule has 0 aliphatic carbocycles. The number of aliphatic imine (C=N–C) groups is 1. The molecule has 7 heteroatoms. The topological polar surface area (TPSA) is 58.1 Å². The van der Waals surface area contributed by atoms with Crippen molar-refractivity contribution in [2.24, 2.45) is 4.99 Å². The highest BCUT2D eigenvalue weighted by Crippen LogP contribution is 2.24. The number of guanidine groups is 1. The number of halogens is 1. The first kappa shape index (κ1) is 26.4. The normalized spacial score (nSPS) is 16.0. The van der Waals surface area contributed by atoms with Crippen molar-refractivity contribution in [1.29, 1.82) is 0 Å². The molecule has 0 bridgehead atoms. The van der Waals surface area contributed by atoms with Crippen molar-refractivity contribution in [3.05, 3.63) is 64.7 Å². The highest BCUT2D eigenvalue weighted by Gasteiger charge is 2.18. The van der Waals surface area contributed by atoms with Crippen molar-refractivity contribution in [2.75, 3.05) is 33.9 Å². The summed E-state index contributed by atoms with van der Waals surface area (Å²) in [6.07, 6.45) is 1.07. The van der Waals surface area contributed by atoms with Gasteiger partial charge in [-0.15, -0.1) is 24.0 Å². The summed E-state index contributed by atoms with van der Waals surface area (Å²) in [7, 11) is 4.18. The minimum absolute atomic E-state index is 0. The highest BCUT2D eigenvalue weighted by atomic mass is 127. The standard InChI is InChI=1S/C25H36N4O2.HI/c1-5-26-25(27-15-20-8-6-7-9-22(20)17-29(3)4)28-16-21-11-10-19(2)14-24(21)31-23-12-13-30-18-23;/h6-11,14,23H,5,12-13,15-18H2,1-4H3,(H2,26,27,28);1H. The molecule has 1 saturated heterocycles. The van der Waals surface area contributed by atoms with Crippen molar-refractivity contribution in [3.63, 3.8) is 0 Å². The smallest absolute Gasteiger partial charge is 0.191 e. The van der Waals surface area contributed by atoms with Crippen LogP contribution in [0.3, 0.4) is 0 Å². The third kappa shape index (κ3) is 8.26. The van der Waals surface area contributed by atoms with E-state index in [4.69, 9.17) is 14.5 Å². The van der Waals surface area contributed by atoms with Crippen molar-refractivity contribution in [3.8, 4) is 5.75 Å². The van der Waals surface area contributed by atoms with Gasteiger partial charge in [0.2, 0.25) is 0 Å². The van der Waals surface area contributed by atoms with Gasteiger partial charge in [-0.05, 0) is 50.7 Å². The van der Waals surface area contributed by atoms with Crippen LogP contribution in [0.15, 0.2) is 47.5 Å². The summed E-state index contributed by atoms with van der Waals surface area (Å²) in [6.45, 7) is 8.60. The van der Waals surface area contributed by atoms with Gasteiger partial charge < -0.3 is 25.0 Å². The molecule has 6 nitrogen and oxygen atoms in total. The van der Waals surface area contributed by atoms with Gasteiger partial charge in [-0.2, -0.15) is 0 Å². The van der Waals surface area contributed by atoms with Crippen molar-refractivity contribution >= 4 is 29.9 Å². The van der Waals surface area contributed by atoms with Crippen LogP contribution in [0.2, 0.25) is 0 Å². The number of nitrogens with one attached hydrogen (secondary N) is 2. The number of rotatable bonds is 9. The number of hydrogen-bond acceptors (Lipinski definition) is 4. The molecule has 0 spiro atoms. The van der Waals surface area contributed by atoms with Gasteiger partial charge in [0.1, 0.15) is 11.9 Å². The van der Waals surface area contributed by atoms with E-state index >= 15 is 0 Å². The molecule has 0 radical (unpaired) electrons. The van der Waals surface area contributed by atoms with Crippen molar-refractivity contribution < 1.29 is 9.47 Å². The van der Waals surface area contributed by atoms with Gasteiger partial charge in [-0.1, -0.05) is 36.4 Å². The SMILES string of the molecule is CCNC(=NCc1ccc(C)cc1OC1CCOC1)NCc1ccccc1CN(C)C.I. The molecule has 0 saturated carbocycles. The molecule has 1 aliphatic heterocycles. The fourth-order valence-electron chi connectivity index (χ4n) is 3.60. The Morgan fingerprint density at radius 3 is 2.59 bits per heavy atom. The minimum atomic E-state index is 0. The van der Waals surface area contributed by atoms with E-state index in [2.05, 4.69) is 85.9 Å². The number of ether oxygens (including phenoxy) is 2. The Morgan fingerprint density at radius 2 is 1.91 bits per heavy atom. The monoisotopic (exact) mass is 552 g/mol. The van der Waals surface area contributed by atoms with Gasteiger partial charge >= 0.3 is 0 Å². The summed E-state index contributed by atoms with van der Waals surface area (Å²) in [4.78, 5) is 7.01. The van der Waals surface area contributed by atoms with E-state index in [1.807, 2.05) is 0 Å². The average Bonchev–Trinajstić information content (AvgIpc) is 3.25. The summed E-state index contributed by atoms with van der Waals surface area (Å²) in [5.74, 6) is 1.71. The first-order valence-corrected chi connectivity index (χ1v) is 11.1. The Morgan fingerprint density at radius 1 is 1.12 bits per heavy atom. The third-order valence-corrected chi connectivity index (χ3v) is 5.21. The van der Waals surface area contributed by atoms with Crippen LogP contribution in [0, 0.1) is 6.92 Å². The van der Waals surface area contributed by atoms with Crippen LogP contribution in [-0.4, -0.2) is 50.8 Å². The van der Waals surface area contributed by atoms with Crippen LogP contribution in [0.5, 0.6) is 5.75 Å². The molecule has 1 fully saturated rings. The maximum absolute atomic E-state index is 6.22. The van der Waals surface area contributed by atoms with Crippen LogP contribution in [-0.2, 0) is 24.4 Å². The molecule has 3 rings (SSSR count). The van der Waals surface area contributed by atoms with Crippen LogP contribution in [0.4, 0.5) is 0 Å². The minimum Gasteiger partial charge on any atom is -0.488 e. The van der Waals surface area contributed by atoms with E-state index < -0.39 is 0 Å². The lowest BCUT2D eigenvalue weighted by Crippen LogP contribution is -2.37. The Hall–Kier alpha value is -1.84. The Balaban J connectivity index is 0.00000363. The first-order valence-electron chi connectivity index (χ1n) is 11.1. The Bertz CT molecular complexity index is 867. The molecule has 1 heterocycles. The van der Waals surface area contributed by atoms with Crippen molar-refractivity contribution in [2.45, 2.75) is 46.0 Å². The number of nitrogens with zero attached hydrogens (tertiary/aromatic N) is 2. The summed E-state index contributed by atoms with van der Waals surface area (Å²) in [5, 5.41) is 6.84. The molecule has 1 unspecified atom stereocenters. The van der Waals surface area contributed by atoms with E-state index in [9.17, 15) is 0 Å². The quantitative estimate of drug-likeness (QED) is 0.279. The zero-order valence-corrected chi connectivity index (χ0v) is 22.0. The van der Waals surface area contributed by atoms with E-state index in [0.29, 0.717) is 13.2 Å². The molecule has 176 valence electrons. The number of benzene rings is 2. The molecule has 2 aromatic rings. The molecular formula is C25H37IN4O2. The van der Waals surface area contributed by atoms with Gasteiger partial charge in [0, 0.05) is 31.6 Å². The largest absolute Gasteiger partial charge is 0.488 e. The van der Waals surface area contributed by atoms with E-state index in [0.717, 1.165) is 49.9 Å². The van der Waals surface area contributed by atoms with Gasteiger partial charge in [0.15, 0.2) is 5.96 Å². The molecule has 0 amide bonds. The zero-order chi connectivity index (χ0) is 22.1. The van der Waals surface area contributed by atoms with E-state index in [1.165, 1.54) is 16.7 Å². The summed E-state index contributed by atoms with van der Waals surface area (Å²) in [5.41, 5.74) is 4.87. The van der Waals surface area contributed by atoms with Gasteiger partial charge in [0.25, 0.3) is 0 Å². The van der Waals surface area contributed by atoms with Gasteiger partial charge in [-0.3, -0.25) is 0 Å². The fraction of sp³-hybridized carbons (Fsp3) is 0.480. The zero-order valence-electron chi connectivity index (χ0n) is 19.7. The molecule has 0 aromatic heterocycles. The number of hydrogen-bond donors (Lipinski definition) is 2. The molecule has 1 aliphatic rings. The second-order valence-electron chi connectivity index (χ2n) is 8.27. The second-order valence-corrected chi connectivity index (χ2v) is 8.27. The van der Waals surface area contributed by atoms with Gasteiger partial charge in [-0.25, -0.2) is 4.99 Å². The third-order valence-electron chi connectivity index (χ3n) is 5.21. The molecule has 2 N–H and O–H groups in total. The van der Waals surface area contributed by atoms with Crippen molar-refractivity contribution in [1.82, 2.24) is 15.5 Å². The maximum atomic E-state index is 6.22. The van der Waals surface area contributed by atoms with E-state index in [1.54, 1.807) is 0 Å². The summed E-state index contributed by atoms with van der Waals surface area (Å²) < 4.78 is 11.7. The predicted molar refractivity (Wildman–Crippen MR) is 142 cm³/mol. The molecule has 1 atom stereocenters. The lowest BCUT2D eigenvalue weighted by Gasteiger charge is -2.17. The molecule has 2 aromatic carbocycles. The average molecular weight is 553 g/mol. The lowest BCUT2D eigenvalue weighted by atomic mass is 10.1. The van der Waals surface area contributed by atoms with Crippen LogP contribution >= 0.6 is 24.0 Å². The maximum Gasteiger partial charge on any atom is 0.191 e. The second kappa shape index (κ2) is 13.6. The highest BCUT2D eigenvalue weighted by molar-refractivity contribution is 14.0. The van der Waals surface area contributed by atoms with Gasteiger partial charge in [0.05, 0.1) is 19.8 Å². The molecular weight excluding hydrogens is 515 g/mol. The lowest BCUT2D eigenvalue weighted by molar-refractivity contribution is 0.140. The molecule has 32 heavy (non-hydrogen) atoms. The Kier molecular flexibility index (Phi) is 11.3. The number of aryl methyl sites for hydroxylation is 1. The first-order chi connectivity index (χ1) is 15.0. The Labute approximate surface area is 209 Å². The van der Waals surface area contributed by atoms with Crippen LogP contribution < -0.4 is 15.4 Å². The summed E-state index contributed by atoms with van der Waals surface area (Å²) in [6, 6.07) is 14.9. The van der Waals surface area contributed by atoms with Crippen LogP contribution in [0.1, 0.15) is 35.6 Å². The summed E-state index contributed by atoms with van der Waals surface area (Å²) >= 11 is 0.